The summed E-state index contributed by atoms with van der Waals surface area (Å²) >= 11 is 0. The van der Waals surface area contributed by atoms with Crippen molar-refractivity contribution in [3.05, 3.63) is 60.7 Å². The second-order valence-electron chi connectivity index (χ2n) is 7.09. The quantitative estimate of drug-likeness (QED) is 0.703. The normalized spacial score (nSPS) is 13.9. The molecule has 4 rings (SSSR count). The summed E-state index contributed by atoms with van der Waals surface area (Å²) in [6, 6.07) is 15.6. The summed E-state index contributed by atoms with van der Waals surface area (Å²) in [5, 5.41) is 7.34. The Kier molecular flexibility index (Phi) is 5.83. The van der Waals surface area contributed by atoms with Gasteiger partial charge in [-0.2, -0.15) is 5.10 Å². The molecular weight excluding hydrogens is 380 g/mol. The topological polar surface area (TPSA) is 75.5 Å². The maximum atomic E-state index is 12.5. The zero-order valence-electron chi connectivity index (χ0n) is 17.3. The molecule has 1 saturated heterocycles. The number of aromatic nitrogens is 3. The van der Waals surface area contributed by atoms with Gasteiger partial charge in [0.25, 0.3) is 0 Å². The van der Waals surface area contributed by atoms with E-state index in [1.54, 1.807) is 11.0 Å². The number of para-hydroxylation sites is 1. The average molecular weight is 406 g/mol. The summed E-state index contributed by atoms with van der Waals surface area (Å²) in [6.07, 6.45) is 1.69. The van der Waals surface area contributed by atoms with Crippen LogP contribution in [0.3, 0.4) is 0 Å². The fourth-order valence-corrected chi connectivity index (χ4v) is 3.51. The molecule has 0 spiro atoms. The van der Waals surface area contributed by atoms with E-state index in [2.05, 4.69) is 26.4 Å². The zero-order valence-corrected chi connectivity index (χ0v) is 17.3. The summed E-state index contributed by atoms with van der Waals surface area (Å²) in [6.45, 7) is 7.23. The van der Waals surface area contributed by atoms with E-state index in [1.807, 2.05) is 61.2 Å². The van der Waals surface area contributed by atoms with Crippen LogP contribution in [0.5, 0.6) is 5.75 Å². The largest absolute Gasteiger partial charge is 0.492 e. The van der Waals surface area contributed by atoms with Gasteiger partial charge in [0.2, 0.25) is 0 Å². The molecule has 2 heterocycles. The second-order valence-corrected chi connectivity index (χ2v) is 7.09. The van der Waals surface area contributed by atoms with Crippen LogP contribution in [0.1, 0.15) is 12.7 Å². The fraction of sp³-hybridized carbons (Fsp3) is 0.318. The predicted molar refractivity (Wildman–Crippen MR) is 117 cm³/mol. The highest BCUT2D eigenvalue weighted by atomic mass is 16.5. The van der Waals surface area contributed by atoms with Gasteiger partial charge in [0.1, 0.15) is 23.6 Å². The number of urea groups is 1. The number of carbonyl (C=O) groups excluding carboxylic acids is 1. The molecule has 2 aromatic carbocycles. The van der Waals surface area contributed by atoms with Crippen LogP contribution in [0, 0.1) is 6.92 Å². The predicted octanol–water partition coefficient (Wildman–Crippen LogP) is 3.33. The van der Waals surface area contributed by atoms with E-state index in [-0.39, 0.29) is 6.03 Å². The van der Waals surface area contributed by atoms with Gasteiger partial charge in [-0.25, -0.2) is 14.5 Å². The molecule has 1 N–H and O–H groups in total. The molecule has 0 bridgehead atoms. The summed E-state index contributed by atoms with van der Waals surface area (Å²) in [7, 11) is 0. The maximum Gasteiger partial charge on any atom is 0.321 e. The van der Waals surface area contributed by atoms with Crippen LogP contribution in [0.25, 0.3) is 5.69 Å². The Morgan fingerprint density at radius 3 is 2.53 bits per heavy atom. The molecule has 1 aromatic heterocycles. The van der Waals surface area contributed by atoms with Gasteiger partial charge in [0, 0.05) is 43.6 Å². The number of amides is 2. The summed E-state index contributed by atoms with van der Waals surface area (Å²) in [5.74, 6) is 1.48. The Labute approximate surface area is 176 Å². The SMILES string of the molecule is CCOc1cc(N2CCN(C(=O)Nc3ccccc3)CC2)ccc1-n1cnc(C)n1. The van der Waals surface area contributed by atoms with Crippen LogP contribution in [-0.2, 0) is 0 Å². The molecule has 1 aliphatic rings. The Hall–Kier alpha value is -3.55. The van der Waals surface area contributed by atoms with Gasteiger partial charge in [-0.05, 0) is 38.1 Å². The van der Waals surface area contributed by atoms with Crippen LogP contribution in [-0.4, -0.2) is 58.5 Å². The molecule has 0 saturated carbocycles. The van der Waals surface area contributed by atoms with Gasteiger partial charge < -0.3 is 19.9 Å². The minimum absolute atomic E-state index is 0.0623. The van der Waals surface area contributed by atoms with Gasteiger partial charge in [-0.3, -0.25) is 0 Å². The molecule has 0 radical (unpaired) electrons. The van der Waals surface area contributed by atoms with E-state index in [0.717, 1.165) is 35.9 Å². The van der Waals surface area contributed by atoms with E-state index in [1.165, 1.54) is 0 Å². The van der Waals surface area contributed by atoms with E-state index in [9.17, 15) is 4.79 Å². The number of rotatable bonds is 5. The lowest BCUT2D eigenvalue weighted by Gasteiger charge is -2.36. The minimum Gasteiger partial charge on any atom is -0.492 e. The molecule has 2 amide bonds. The number of aryl methyl sites for hydroxylation is 1. The number of hydrogen-bond acceptors (Lipinski definition) is 5. The summed E-state index contributed by atoms with van der Waals surface area (Å²) < 4.78 is 7.60. The first kappa shape index (κ1) is 19.8. The third-order valence-corrected chi connectivity index (χ3v) is 5.05. The Morgan fingerprint density at radius 1 is 1.10 bits per heavy atom. The lowest BCUT2D eigenvalue weighted by molar-refractivity contribution is 0.208. The number of nitrogens with one attached hydrogen (secondary N) is 1. The molecule has 3 aromatic rings. The van der Waals surface area contributed by atoms with Gasteiger partial charge in [-0.15, -0.1) is 0 Å². The lowest BCUT2D eigenvalue weighted by atomic mass is 10.2. The molecule has 0 atom stereocenters. The lowest BCUT2D eigenvalue weighted by Crippen LogP contribution is -2.50. The van der Waals surface area contributed by atoms with Crippen molar-refractivity contribution >= 4 is 17.4 Å². The molecule has 0 aliphatic carbocycles. The van der Waals surface area contributed by atoms with Crippen LogP contribution >= 0.6 is 0 Å². The Morgan fingerprint density at radius 2 is 1.87 bits per heavy atom. The Balaban J connectivity index is 1.43. The molecule has 1 aliphatic heterocycles. The van der Waals surface area contributed by atoms with Crippen molar-refractivity contribution in [1.82, 2.24) is 19.7 Å². The molecule has 30 heavy (non-hydrogen) atoms. The summed E-state index contributed by atoms with van der Waals surface area (Å²) in [5.41, 5.74) is 2.74. The molecule has 0 unspecified atom stereocenters. The van der Waals surface area contributed by atoms with Crippen molar-refractivity contribution < 1.29 is 9.53 Å². The number of nitrogens with zero attached hydrogens (tertiary/aromatic N) is 5. The van der Waals surface area contributed by atoms with E-state index in [4.69, 9.17) is 4.74 Å². The number of benzene rings is 2. The average Bonchev–Trinajstić information content (AvgIpc) is 3.21. The zero-order chi connectivity index (χ0) is 20.9. The molecular formula is C22H26N6O2. The van der Waals surface area contributed by atoms with Crippen molar-refractivity contribution in [2.24, 2.45) is 0 Å². The van der Waals surface area contributed by atoms with Crippen molar-refractivity contribution in [3.63, 3.8) is 0 Å². The van der Waals surface area contributed by atoms with Crippen LogP contribution < -0.4 is 15.0 Å². The van der Waals surface area contributed by atoms with Crippen LogP contribution in [0.2, 0.25) is 0 Å². The third kappa shape index (κ3) is 4.37. The van der Waals surface area contributed by atoms with Crippen LogP contribution in [0.4, 0.5) is 16.2 Å². The first-order valence-corrected chi connectivity index (χ1v) is 10.2. The van der Waals surface area contributed by atoms with Crippen molar-refractivity contribution in [1.29, 1.82) is 0 Å². The number of piperazine rings is 1. The van der Waals surface area contributed by atoms with Gasteiger partial charge in [-0.1, -0.05) is 18.2 Å². The van der Waals surface area contributed by atoms with Gasteiger partial charge >= 0.3 is 6.03 Å². The number of anilines is 2. The first-order chi connectivity index (χ1) is 14.6. The number of ether oxygens (including phenoxy) is 1. The van der Waals surface area contributed by atoms with E-state index >= 15 is 0 Å². The maximum absolute atomic E-state index is 12.5. The standard InChI is InChI=1S/C22H26N6O2/c1-3-30-21-15-19(9-10-20(21)28-16-23-17(2)25-28)26-11-13-27(14-12-26)22(29)24-18-7-5-4-6-8-18/h4-10,15-16H,3,11-14H2,1-2H3,(H,24,29). The number of hydrogen-bond donors (Lipinski definition) is 1. The first-order valence-electron chi connectivity index (χ1n) is 10.2. The van der Waals surface area contributed by atoms with Crippen molar-refractivity contribution in [3.8, 4) is 11.4 Å². The fourth-order valence-electron chi connectivity index (χ4n) is 3.51. The van der Waals surface area contributed by atoms with Gasteiger partial charge in [0.15, 0.2) is 0 Å². The van der Waals surface area contributed by atoms with Crippen molar-refractivity contribution in [2.75, 3.05) is 43.0 Å². The monoisotopic (exact) mass is 406 g/mol. The highest BCUT2D eigenvalue weighted by molar-refractivity contribution is 5.89. The molecule has 156 valence electrons. The smallest absolute Gasteiger partial charge is 0.321 e. The highest BCUT2D eigenvalue weighted by Crippen LogP contribution is 2.29. The van der Waals surface area contributed by atoms with E-state index in [0.29, 0.717) is 25.5 Å². The van der Waals surface area contributed by atoms with E-state index < -0.39 is 0 Å². The molecule has 1 fully saturated rings. The molecule has 8 nitrogen and oxygen atoms in total. The Bertz CT molecular complexity index is 996. The van der Waals surface area contributed by atoms with Crippen LogP contribution in [0.15, 0.2) is 54.9 Å². The second kappa shape index (κ2) is 8.86. The molecule has 8 heteroatoms. The highest BCUT2D eigenvalue weighted by Gasteiger charge is 2.22. The third-order valence-electron chi connectivity index (χ3n) is 5.05. The van der Waals surface area contributed by atoms with Crippen molar-refractivity contribution in [2.45, 2.75) is 13.8 Å². The minimum atomic E-state index is -0.0623. The number of carbonyl (C=O) groups is 1. The summed E-state index contributed by atoms with van der Waals surface area (Å²) in [4.78, 5) is 20.8. The van der Waals surface area contributed by atoms with Gasteiger partial charge in [0.05, 0.1) is 6.61 Å².